The lowest BCUT2D eigenvalue weighted by Crippen LogP contribution is -2.34. The van der Waals surface area contributed by atoms with Crippen LogP contribution in [-0.4, -0.2) is 22.0 Å². The van der Waals surface area contributed by atoms with E-state index in [1.165, 1.54) is 5.39 Å². The van der Waals surface area contributed by atoms with Crippen LogP contribution in [0.15, 0.2) is 36.7 Å². The Balaban J connectivity index is 2.08. The maximum absolute atomic E-state index is 4.49. The Hall–Kier alpha value is -2.07. The number of nitrogens with zero attached hydrogens (tertiary/aromatic N) is 1. The molecule has 3 aromatic rings. The molecule has 98 valence electrons. The van der Waals surface area contributed by atoms with Crippen LogP contribution in [0.1, 0.15) is 19.7 Å². The molecule has 0 aliphatic heterocycles. The van der Waals surface area contributed by atoms with Crippen LogP contribution in [0.5, 0.6) is 0 Å². The zero-order chi connectivity index (χ0) is 13.5. The first-order valence-electron chi connectivity index (χ1n) is 6.43. The number of hydrogen-bond acceptors (Lipinski definition) is 2. The number of nitrogens with one attached hydrogen (secondary N) is 3. The van der Waals surface area contributed by atoms with Crippen molar-refractivity contribution in [1.82, 2.24) is 20.3 Å². The highest BCUT2D eigenvalue weighted by molar-refractivity contribution is 5.94. The molecular formula is C15H18N4. The molecule has 0 aliphatic carbocycles. The average molecular weight is 254 g/mol. The Bertz CT molecular complexity index is 706. The molecule has 2 aromatic heterocycles. The number of para-hydroxylation sites is 1. The molecule has 0 unspecified atom stereocenters. The van der Waals surface area contributed by atoms with Gasteiger partial charge in [-0.2, -0.15) is 0 Å². The van der Waals surface area contributed by atoms with Crippen LogP contribution in [0, 0.1) is 0 Å². The zero-order valence-corrected chi connectivity index (χ0v) is 11.4. The summed E-state index contributed by atoms with van der Waals surface area (Å²) >= 11 is 0. The van der Waals surface area contributed by atoms with Gasteiger partial charge in [0.1, 0.15) is 5.82 Å². The lowest BCUT2D eigenvalue weighted by Gasteiger charge is -2.20. The lowest BCUT2D eigenvalue weighted by molar-refractivity contribution is 0.421. The van der Waals surface area contributed by atoms with Gasteiger partial charge in [-0.15, -0.1) is 0 Å². The number of H-pyrrole nitrogens is 2. The van der Waals surface area contributed by atoms with E-state index in [1.807, 2.05) is 25.5 Å². The third kappa shape index (κ3) is 1.94. The fourth-order valence-electron chi connectivity index (χ4n) is 2.19. The van der Waals surface area contributed by atoms with Crippen molar-refractivity contribution in [2.75, 3.05) is 7.05 Å². The fourth-order valence-corrected chi connectivity index (χ4v) is 2.19. The number of rotatable bonds is 3. The van der Waals surface area contributed by atoms with Gasteiger partial charge < -0.3 is 15.3 Å². The van der Waals surface area contributed by atoms with Gasteiger partial charge in [0.05, 0.1) is 17.4 Å². The number of imidazole rings is 1. The quantitative estimate of drug-likeness (QED) is 0.673. The number of hydrogen-bond donors (Lipinski definition) is 3. The molecular weight excluding hydrogens is 236 g/mol. The van der Waals surface area contributed by atoms with E-state index >= 15 is 0 Å². The van der Waals surface area contributed by atoms with Crippen molar-refractivity contribution in [1.29, 1.82) is 0 Å². The molecule has 0 bridgehead atoms. The molecule has 2 heterocycles. The molecule has 4 heteroatoms. The summed E-state index contributed by atoms with van der Waals surface area (Å²) in [6, 6.07) is 8.28. The van der Waals surface area contributed by atoms with Crippen molar-refractivity contribution in [2.45, 2.75) is 19.4 Å². The number of fused-ring (bicyclic) bond motifs is 1. The first-order chi connectivity index (χ1) is 9.12. The number of aromatic amines is 2. The Morgan fingerprint density at radius 1 is 1.21 bits per heavy atom. The third-order valence-electron chi connectivity index (χ3n) is 3.67. The first-order valence-corrected chi connectivity index (χ1v) is 6.43. The van der Waals surface area contributed by atoms with E-state index < -0.39 is 0 Å². The van der Waals surface area contributed by atoms with Crippen LogP contribution >= 0.6 is 0 Å². The van der Waals surface area contributed by atoms with Crippen molar-refractivity contribution in [3.8, 4) is 11.3 Å². The lowest BCUT2D eigenvalue weighted by atomic mass is 10.1. The average Bonchev–Trinajstić information content (AvgIpc) is 3.05. The highest BCUT2D eigenvalue weighted by Crippen LogP contribution is 2.28. The summed E-state index contributed by atoms with van der Waals surface area (Å²) in [6.07, 6.45) is 3.92. The van der Waals surface area contributed by atoms with Crippen molar-refractivity contribution >= 4 is 10.9 Å². The van der Waals surface area contributed by atoms with Crippen LogP contribution in [0.4, 0.5) is 0 Å². The van der Waals surface area contributed by atoms with E-state index in [1.54, 1.807) is 0 Å². The van der Waals surface area contributed by atoms with Crippen molar-refractivity contribution in [3.63, 3.8) is 0 Å². The normalized spacial score (nSPS) is 12.2. The SMILES string of the molecule is CNC(C)(C)c1ncc(-c2c[nH]c3ccccc23)[nH]1. The second-order valence-corrected chi connectivity index (χ2v) is 5.27. The van der Waals surface area contributed by atoms with Gasteiger partial charge in [0.25, 0.3) is 0 Å². The molecule has 3 rings (SSSR count). The minimum absolute atomic E-state index is 0.162. The predicted octanol–water partition coefficient (Wildman–Crippen LogP) is 3.01. The fraction of sp³-hybridized carbons (Fsp3) is 0.267. The second kappa shape index (κ2) is 4.24. The maximum atomic E-state index is 4.49. The smallest absolute Gasteiger partial charge is 0.126 e. The molecule has 3 N–H and O–H groups in total. The molecule has 0 radical (unpaired) electrons. The molecule has 0 saturated carbocycles. The highest BCUT2D eigenvalue weighted by atomic mass is 15.0. The molecule has 19 heavy (non-hydrogen) atoms. The summed E-state index contributed by atoms with van der Waals surface area (Å²) in [6.45, 7) is 4.20. The Kier molecular flexibility index (Phi) is 2.68. The van der Waals surface area contributed by atoms with Gasteiger partial charge in [-0.3, -0.25) is 0 Å². The van der Waals surface area contributed by atoms with Gasteiger partial charge >= 0.3 is 0 Å². The van der Waals surface area contributed by atoms with Gasteiger partial charge in [0, 0.05) is 22.7 Å². The Morgan fingerprint density at radius 2 is 2.00 bits per heavy atom. The second-order valence-electron chi connectivity index (χ2n) is 5.27. The zero-order valence-electron chi connectivity index (χ0n) is 11.4. The molecule has 0 fully saturated rings. The van der Waals surface area contributed by atoms with Gasteiger partial charge in [0.2, 0.25) is 0 Å². The van der Waals surface area contributed by atoms with Crippen LogP contribution in [-0.2, 0) is 5.54 Å². The highest BCUT2D eigenvalue weighted by Gasteiger charge is 2.22. The third-order valence-corrected chi connectivity index (χ3v) is 3.67. The van der Waals surface area contributed by atoms with Crippen molar-refractivity contribution in [3.05, 3.63) is 42.5 Å². The Labute approximate surface area is 112 Å². The number of aromatic nitrogens is 3. The molecule has 0 aliphatic rings. The monoisotopic (exact) mass is 254 g/mol. The van der Waals surface area contributed by atoms with E-state index in [2.05, 4.69) is 52.3 Å². The van der Waals surface area contributed by atoms with Crippen LogP contribution in [0.2, 0.25) is 0 Å². The minimum Gasteiger partial charge on any atom is -0.360 e. The van der Waals surface area contributed by atoms with E-state index in [4.69, 9.17) is 0 Å². The number of benzene rings is 1. The maximum Gasteiger partial charge on any atom is 0.126 e. The van der Waals surface area contributed by atoms with Gasteiger partial charge in [-0.1, -0.05) is 18.2 Å². The van der Waals surface area contributed by atoms with E-state index in [-0.39, 0.29) is 5.54 Å². The topological polar surface area (TPSA) is 56.5 Å². The van der Waals surface area contributed by atoms with Crippen LogP contribution in [0.25, 0.3) is 22.2 Å². The van der Waals surface area contributed by atoms with Gasteiger partial charge in [0.15, 0.2) is 0 Å². The first kappa shape index (κ1) is 12.0. The summed E-state index contributed by atoms with van der Waals surface area (Å²) in [5.74, 6) is 0.940. The molecule has 1 aromatic carbocycles. The van der Waals surface area contributed by atoms with Gasteiger partial charge in [-0.05, 0) is 27.0 Å². The predicted molar refractivity (Wildman–Crippen MR) is 78.0 cm³/mol. The summed E-state index contributed by atoms with van der Waals surface area (Å²) in [7, 11) is 1.94. The molecule has 0 atom stereocenters. The van der Waals surface area contributed by atoms with E-state index in [9.17, 15) is 0 Å². The van der Waals surface area contributed by atoms with Crippen molar-refractivity contribution in [2.24, 2.45) is 0 Å². The van der Waals surface area contributed by atoms with Crippen molar-refractivity contribution < 1.29 is 0 Å². The largest absolute Gasteiger partial charge is 0.360 e. The summed E-state index contributed by atoms with van der Waals surface area (Å²) in [5.41, 5.74) is 3.17. The molecule has 0 saturated heterocycles. The van der Waals surface area contributed by atoms with E-state index in [0.717, 1.165) is 22.6 Å². The molecule has 0 spiro atoms. The summed E-state index contributed by atoms with van der Waals surface area (Å²) < 4.78 is 0. The molecule has 0 amide bonds. The summed E-state index contributed by atoms with van der Waals surface area (Å²) in [5, 5.41) is 4.46. The standard InChI is InChI=1S/C15H18N4/c1-15(2,16-3)14-18-9-13(19-14)11-8-17-12-7-5-4-6-10(11)12/h4-9,16-17H,1-3H3,(H,18,19). The van der Waals surface area contributed by atoms with E-state index in [0.29, 0.717) is 0 Å². The van der Waals surface area contributed by atoms with Gasteiger partial charge in [-0.25, -0.2) is 4.98 Å². The van der Waals surface area contributed by atoms with Crippen LogP contribution in [0.3, 0.4) is 0 Å². The van der Waals surface area contributed by atoms with Crippen LogP contribution < -0.4 is 5.32 Å². The minimum atomic E-state index is -0.162. The molecule has 4 nitrogen and oxygen atoms in total. The summed E-state index contributed by atoms with van der Waals surface area (Å²) in [4.78, 5) is 11.2. The Morgan fingerprint density at radius 3 is 2.79 bits per heavy atom.